The molecule has 0 bridgehead atoms. The number of hydrogen-bond donors (Lipinski definition) is 0. The molecule has 5 heteroatoms. The maximum absolute atomic E-state index is 13.2. The first-order valence-electron chi connectivity index (χ1n) is 9.98. The molecule has 0 N–H and O–H groups in total. The third kappa shape index (κ3) is 2.60. The van der Waals surface area contributed by atoms with Gasteiger partial charge in [-0.1, -0.05) is 42.5 Å². The monoisotopic (exact) mass is 404 g/mol. The van der Waals surface area contributed by atoms with Gasteiger partial charge in [0, 0.05) is 29.8 Å². The van der Waals surface area contributed by atoms with Gasteiger partial charge in [-0.2, -0.15) is 4.98 Å². The smallest absolute Gasteiger partial charge is 0.197 e. The summed E-state index contributed by atoms with van der Waals surface area (Å²) in [5.41, 5.74) is 3.85. The Morgan fingerprint density at radius 1 is 0.839 bits per heavy atom. The molecule has 6 rings (SSSR count). The lowest BCUT2D eigenvalue weighted by molar-refractivity contribution is 0.0990. The SMILES string of the molecule is Cc1nc2c(cc(C=C3C(=O)c4cc5ccccc5cc4C3=O)n2-c2ccccc2)o1. The summed E-state index contributed by atoms with van der Waals surface area (Å²) in [6.07, 6.45) is 1.65. The van der Waals surface area contributed by atoms with E-state index in [-0.39, 0.29) is 17.1 Å². The zero-order valence-corrected chi connectivity index (χ0v) is 16.6. The van der Waals surface area contributed by atoms with E-state index in [0.29, 0.717) is 33.9 Å². The van der Waals surface area contributed by atoms with Crippen molar-refractivity contribution < 1.29 is 14.0 Å². The highest BCUT2D eigenvalue weighted by molar-refractivity contribution is 6.42. The van der Waals surface area contributed by atoms with E-state index in [1.807, 2.05) is 65.2 Å². The molecule has 0 saturated heterocycles. The van der Waals surface area contributed by atoms with Gasteiger partial charge >= 0.3 is 0 Å². The van der Waals surface area contributed by atoms with E-state index in [2.05, 4.69) is 4.98 Å². The summed E-state index contributed by atoms with van der Waals surface area (Å²) in [5, 5.41) is 1.88. The Morgan fingerprint density at radius 3 is 2.10 bits per heavy atom. The molecule has 0 aliphatic heterocycles. The summed E-state index contributed by atoms with van der Waals surface area (Å²) in [4.78, 5) is 30.8. The molecule has 2 aromatic heterocycles. The van der Waals surface area contributed by atoms with Crippen LogP contribution in [-0.2, 0) is 0 Å². The Morgan fingerprint density at radius 2 is 1.45 bits per heavy atom. The zero-order valence-electron chi connectivity index (χ0n) is 16.6. The van der Waals surface area contributed by atoms with Gasteiger partial charge in [0.05, 0.1) is 11.3 Å². The van der Waals surface area contributed by atoms with E-state index in [4.69, 9.17) is 4.42 Å². The van der Waals surface area contributed by atoms with Gasteiger partial charge in [0.15, 0.2) is 28.7 Å². The van der Waals surface area contributed by atoms with Crippen molar-refractivity contribution in [3.63, 3.8) is 0 Å². The molecule has 0 atom stereocenters. The molecule has 0 radical (unpaired) electrons. The summed E-state index contributed by atoms with van der Waals surface area (Å²) in [7, 11) is 0. The third-order valence-corrected chi connectivity index (χ3v) is 5.66. The van der Waals surface area contributed by atoms with E-state index >= 15 is 0 Å². The number of rotatable bonds is 2. The zero-order chi connectivity index (χ0) is 21.1. The molecule has 0 spiro atoms. The van der Waals surface area contributed by atoms with Crippen molar-refractivity contribution >= 4 is 39.6 Å². The molecule has 0 unspecified atom stereocenters. The second kappa shape index (κ2) is 6.37. The lowest BCUT2D eigenvalue weighted by Crippen LogP contribution is -2.03. The van der Waals surface area contributed by atoms with Crippen molar-refractivity contribution in [1.29, 1.82) is 0 Å². The van der Waals surface area contributed by atoms with Crippen LogP contribution in [0.25, 0.3) is 33.8 Å². The molecule has 3 aromatic carbocycles. The number of hydrogen-bond acceptors (Lipinski definition) is 4. The number of fused-ring (bicyclic) bond motifs is 3. The third-order valence-electron chi connectivity index (χ3n) is 5.66. The number of ketones is 2. The fourth-order valence-corrected chi connectivity index (χ4v) is 4.25. The van der Waals surface area contributed by atoms with Crippen LogP contribution >= 0.6 is 0 Å². The van der Waals surface area contributed by atoms with Crippen LogP contribution in [0, 0.1) is 6.92 Å². The Hall–Kier alpha value is -4.25. The van der Waals surface area contributed by atoms with Gasteiger partial charge in [0.25, 0.3) is 0 Å². The predicted octanol–water partition coefficient (Wildman–Crippen LogP) is 5.54. The molecule has 0 fully saturated rings. The van der Waals surface area contributed by atoms with Crippen LogP contribution in [-0.4, -0.2) is 21.1 Å². The number of nitrogens with zero attached hydrogens (tertiary/aromatic N) is 2. The molecular formula is C26H16N2O3. The van der Waals surface area contributed by atoms with Crippen LogP contribution in [0.3, 0.4) is 0 Å². The average molecular weight is 404 g/mol. The van der Waals surface area contributed by atoms with Crippen LogP contribution in [0.2, 0.25) is 0 Å². The molecule has 1 aliphatic rings. The van der Waals surface area contributed by atoms with Crippen LogP contribution in [0.5, 0.6) is 0 Å². The first kappa shape index (κ1) is 17.6. The number of allylic oxidation sites excluding steroid dienone is 1. The number of para-hydroxylation sites is 1. The maximum Gasteiger partial charge on any atom is 0.197 e. The molecule has 2 heterocycles. The van der Waals surface area contributed by atoms with E-state index in [1.54, 1.807) is 25.1 Å². The standard InChI is InChI=1S/C26H16N2O3/c1-15-27-26-23(31-15)14-19(28(26)18-9-3-2-4-10-18)13-22-24(29)20-11-16-7-5-6-8-17(16)12-21(20)25(22)30/h2-14H,1H3. The highest BCUT2D eigenvalue weighted by Crippen LogP contribution is 2.33. The molecule has 148 valence electrons. The summed E-state index contributed by atoms with van der Waals surface area (Å²) >= 11 is 0. The number of carbonyl (C=O) groups excluding carboxylic acids is 2. The highest BCUT2D eigenvalue weighted by atomic mass is 16.3. The highest BCUT2D eigenvalue weighted by Gasteiger charge is 2.34. The van der Waals surface area contributed by atoms with Gasteiger partial charge in [-0.15, -0.1) is 0 Å². The Kier molecular flexibility index (Phi) is 3.62. The lowest BCUT2D eigenvalue weighted by atomic mass is 10.0. The van der Waals surface area contributed by atoms with Crippen molar-refractivity contribution in [2.24, 2.45) is 0 Å². The molecule has 1 aliphatic carbocycles. The van der Waals surface area contributed by atoms with E-state index in [1.165, 1.54) is 0 Å². The molecule has 0 amide bonds. The van der Waals surface area contributed by atoms with Gasteiger partial charge in [0.1, 0.15) is 0 Å². The predicted molar refractivity (Wildman–Crippen MR) is 119 cm³/mol. The normalized spacial score (nSPS) is 13.4. The summed E-state index contributed by atoms with van der Waals surface area (Å²) in [6, 6.07) is 22.8. The minimum Gasteiger partial charge on any atom is -0.439 e. The number of carbonyl (C=O) groups is 2. The van der Waals surface area contributed by atoms with Crippen molar-refractivity contribution in [1.82, 2.24) is 9.55 Å². The van der Waals surface area contributed by atoms with Crippen molar-refractivity contribution in [2.75, 3.05) is 0 Å². The van der Waals surface area contributed by atoms with E-state index in [0.717, 1.165) is 16.5 Å². The minimum atomic E-state index is -0.257. The molecule has 0 saturated carbocycles. The van der Waals surface area contributed by atoms with Crippen LogP contribution in [0.15, 0.2) is 82.8 Å². The van der Waals surface area contributed by atoms with Gasteiger partial charge in [-0.05, 0) is 41.1 Å². The number of aryl methyl sites for hydroxylation is 1. The topological polar surface area (TPSA) is 65.1 Å². The van der Waals surface area contributed by atoms with Crippen molar-refractivity contribution in [2.45, 2.75) is 6.92 Å². The Balaban J connectivity index is 1.55. The van der Waals surface area contributed by atoms with Crippen LogP contribution in [0.1, 0.15) is 32.3 Å². The average Bonchev–Trinajstić information content (AvgIpc) is 3.37. The maximum atomic E-state index is 13.2. The second-order valence-electron chi connectivity index (χ2n) is 7.62. The summed E-state index contributed by atoms with van der Waals surface area (Å²) in [6.45, 7) is 1.79. The number of Topliss-reactive ketones (excluding diaryl/α,β-unsaturated/α-hetero) is 2. The van der Waals surface area contributed by atoms with Crippen molar-refractivity contribution in [3.05, 3.63) is 101 Å². The van der Waals surface area contributed by atoms with E-state index in [9.17, 15) is 9.59 Å². The van der Waals surface area contributed by atoms with Gasteiger partial charge < -0.3 is 4.42 Å². The van der Waals surface area contributed by atoms with Gasteiger partial charge in [-0.3, -0.25) is 14.2 Å². The first-order valence-corrected chi connectivity index (χ1v) is 9.98. The fourth-order valence-electron chi connectivity index (χ4n) is 4.25. The van der Waals surface area contributed by atoms with E-state index < -0.39 is 0 Å². The number of aromatic nitrogens is 2. The molecular weight excluding hydrogens is 388 g/mol. The molecule has 5 aromatic rings. The van der Waals surface area contributed by atoms with Crippen LogP contribution in [0.4, 0.5) is 0 Å². The first-order chi connectivity index (χ1) is 15.1. The Bertz CT molecular complexity index is 1510. The van der Waals surface area contributed by atoms with Crippen molar-refractivity contribution in [3.8, 4) is 5.69 Å². The number of oxazole rings is 1. The second-order valence-corrected chi connectivity index (χ2v) is 7.62. The summed E-state index contributed by atoms with van der Waals surface area (Å²) < 4.78 is 7.61. The van der Waals surface area contributed by atoms with Crippen LogP contribution < -0.4 is 0 Å². The Labute approximate surface area is 177 Å². The fraction of sp³-hybridized carbons (Fsp3) is 0.0385. The largest absolute Gasteiger partial charge is 0.439 e. The van der Waals surface area contributed by atoms with Gasteiger partial charge in [0.2, 0.25) is 0 Å². The number of benzene rings is 3. The molecule has 31 heavy (non-hydrogen) atoms. The minimum absolute atomic E-state index is 0.152. The van der Waals surface area contributed by atoms with Gasteiger partial charge in [-0.25, -0.2) is 0 Å². The quantitative estimate of drug-likeness (QED) is 0.286. The summed E-state index contributed by atoms with van der Waals surface area (Å²) in [5.74, 6) is 0.0423. The lowest BCUT2D eigenvalue weighted by Gasteiger charge is -2.07. The molecule has 5 nitrogen and oxygen atoms in total.